The summed E-state index contributed by atoms with van der Waals surface area (Å²) in [5.41, 5.74) is 2.02. The van der Waals surface area contributed by atoms with E-state index in [0.717, 1.165) is 5.56 Å². The molecule has 0 bridgehead atoms. The fraction of sp³-hybridized carbons (Fsp3) is 0.0952. The SMILES string of the molecule is O=C1c2ccccc2CC1(c1ccc(Cl)cc1Cl)c1ccc(Cl)cc1Cl. The van der Waals surface area contributed by atoms with Crippen LogP contribution in [0.3, 0.4) is 0 Å². The van der Waals surface area contributed by atoms with Gasteiger partial charge in [0, 0.05) is 25.7 Å². The molecule has 26 heavy (non-hydrogen) atoms. The molecule has 1 aliphatic carbocycles. The molecule has 0 unspecified atom stereocenters. The summed E-state index contributed by atoms with van der Waals surface area (Å²) in [5, 5.41) is 1.90. The molecule has 0 aromatic heterocycles. The summed E-state index contributed by atoms with van der Waals surface area (Å²) in [6.07, 6.45) is 0.477. The minimum Gasteiger partial charge on any atom is -0.293 e. The van der Waals surface area contributed by atoms with Gasteiger partial charge in [0.15, 0.2) is 5.78 Å². The Kier molecular flexibility index (Phi) is 4.53. The van der Waals surface area contributed by atoms with Gasteiger partial charge in [0.25, 0.3) is 0 Å². The van der Waals surface area contributed by atoms with Gasteiger partial charge in [0.2, 0.25) is 0 Å². The number of benzene rings is 3. The van der Waals surface area contributed by atoms with Gasteiger partial charge in [0.05, 0.1) is 5.41 Å². The molecule has 4 rings (SSSR count). The third-order valence-corrected chi connectivity index (χ3v) is 5.98. The quantitative estimate of drug-likeness (QED) is 0.434. The van der Waals surface area contributed by atoms with Crippen LogP contribution in [0, 0.1) is 0 Å². The Morgan fingerprint density at radius 1 is 0.731 bits per heavy atom. The molecule has 0 N–H and O–H groups in total. The van der Waals surface area contributed by atoms with Crippen molar-refractivity contribution < 1.29 is 4.79 Å². The highest BCUT2D eigenvalue weighted by Crippen LogP contribution is 2.49. The Labute approximate surface area is 171 Å². The Bertz CT molecular complexity index is 990. The summed E-state index contributed by atoms with van der Waals surface area (Å²) in [7, 11) is 0. The number of hydrogen-bond donors (Lipinski definition) is 0. The highest BCUT2D eigenvalue weighted by atomic mass is 35.5. The molecule has 0 saturated heterocycles. The van der Waals surface area contributed by atoms with Crippen LogP contribution < -0.4 is 0 Å². The Hall–Kier alpha value is -1.51. The van der Waals surface area contributed by atoms with Crippen LogP contribution in [0.5, 0.6) is 0 Å². The van der Waals surface area contributed by atoms with Gasteiger partial charge in [-0.15, -0.1) is 0 Å². The number of rotatable bonds is 2. The van der Waals surface area contributed by atoms with Crippen LogP contribution in [0.2, 0.25) is 20.1 Å². The number of halogens is 4. The standard InChI is InChI=1S/C21H12Cl4O/c22-13-5-7-16(18(24)9-13)21(17-8-6-14(23)10-19(17)25)11-12-3-1-2-4-15(12)20(21)26/h1-10H,11H2. The van der Waals surface area contributed by atoms with Gasteiger partial charge in [-0.05, 0) is 47.4 Å². The zero-order valence-corrected chi connectivity index (χ0v) is 16.4. The molecule has 1 nitrogen and oxygen atoms in total. The van der Waals surface area contributed by atoms with Crippen molar-refractivity contribution in [3.8, 4) is 0 Å². The average Bonchev–Trinajstić information content (AvgIpc) is 2.89. The summed E-state index contributed by atoms with van der Waals surface area (Å²) in [6, 6.07) is 18.0. The van der Waals surface area contributed by atoms with Crippen molar-refractivity contribution in [1.29, 1.82) is 0 Å². The fourth-order valence-electron chi connectivity index (χ4n) is 3.74. The molecule has 1 aliphatic rings. The van der Waals surface area contributed by atoms with Gasteiger partial charge in [-0.1, -0.05) is 82.8 Å². The first kappa shape index (κ1) is 17.9. The highest BCUT2D eigenvalue weighted by molar-refractivity contribution is 6.37. The molecule has 0 radical (unpaired) electrons. The van der Waals surface area contributed by atoms with Crippen LogP contribution in [-0.2, 0) is 11.8 Å². The fourth-order valence-corrected chi connectivity index (χ4v) is 4.88. The number of carbonyl (C=O) groups is 1. The van der Waals surface area contributed by atoms with Crippen molar-refractivity contribution in [2.24, 2.45) is 0 Å². The molecule has 0 amide bonds. The van der Waals surface area contributed by atoms with E-state index >= 15 is 0 Å². The van der Waals surface area contributed by atoms with Crippen LogP contribution in [0.15, 0.2) is 60.7 Å². The van der Waals surface area contributed by atoms with E-state index in [2.05, 4.69) is 0 Å². The van der Waals surface area contributed by atoms with Gasteiger partial charge in [-0.2, -0.15) is 0 Å². The van der Waals surface area contributed by atoms with Gasteiger partial charge in [-0.25, -0.2) is 0 Å². The molecule has 5 heteroatoms. The summed E-state index contributed by atoms with van der Waals surface area (Å²) >= 11 is 25.2. The average molecular weight is 422 g/mol. The summed E-state index contributed by atoms with van der Waals surface area (Å²) < 4.78 is 0. The molecular weight excluding hydrogens is 410 g/mol. The smallest absolute Gasteiger partial charge is 0.178 e. The predicted octanol–water partition coefficient (Wildman–Crippen LogP) is 7.03. The van der Waals surface area contributed by atoms with Crippen molar-refractivity contribution in [3.05, 3.63) is 103 Å². The molecule has 0 saturated carbocycles. The van der Waals surface area contributed by atoms with E-state index in [1.807, 2.05) is 24.3 Å². The topological polar surface area (TPSA) is 17.1 Å². The number of ketones is 1. The van der Waals surface area contributed by atoms with Crippen LogP contribution >= 0.6 is 46.4 Å². The first-order valence-corrected chi connectivity index (χ1v) is 9.48. The second-order valence-electron chi connectivity index (χ2n) is 6.32. The molecule has 0 spiro atoms. The minimum absolute atomic E-state index is 0.0263. The maximum atomic E-state index is 13.6. The van der Waals surface area contributed by atoms with E-state index in [1.165, 1.54) is 0 Å². The number of fused-ring (bicyclic) bond motifs is 1. The van der Waals surface area contributed by atoms with Gasteiger partial charge < -0.3 is 0 Å². The number of carbonyl (C=O) groups excluding carboxylic acids is 1. The third-order valence-electron chi connectivity index (χ3n) is 4.89. The molecule has 0 heterocycles. The van der Waals surface area contributed by atoms with Crippen LogP contribution in [0.4, 0.5) is 0 Å². The minimum atomic E-state index is -1.01. The number of hydrogen-bond acceptors (Lipinski definition) is 1. The predicted molar refractivity (Wildman–Crippen MR) is 108 cm³/mol. The number of Topliss-reactive ketones (excluding diaryl/α,β-unsaturated/α-hetero) is 1. The third kappa shape index (κ3) is 2.66. The van der Waals surface area contributed by atoms with Gasteiger partial charge >= 0.3 is 0 Å². The van der Waals surface area contributed by atoms with E-state index in [0.29, 0.717) is 43.2 Å². The molecule has 0 atom stereocenters. The zero-order valence-electron chi connectivity index (χ0n) is 13.4. The monoisotopic (exact) mass is 420 g/mol. The zero-order chi connectivity index (χ0) is 18.5. The normalized spacial score (nSPS) is 15.2. The van der Waals surface area contributed by atoms with Gasteiger partial charge in [-0.3, -0.25) is 4.79 Å². The van der Waals surface area contributed by atoms with Crippen molar-refractivity contribution in [2.45, 2.75) is 11.8 Å². The first-order chi connectivity index (χ1) is 12.4. The molecule has 3 aromatic rings. The lowest BCUT2D eigenvalue weighted by molar-refractivity contribution is 0.0929. The Morgan fingerprint density at radius 3 is 1.77 bits per heavy atom. The molecule has 0 fully saturated rings. The van der Waals surface area contributed by atoms with Crippen LogP contribution in [0.1, 0.15) is 27.0 Å². The lowest BCUT2D eigenvalue weighted by atomic mass is 9.71. The highest BCUT2D eigenvalue weighted by Gasteiger charge is 2.50. The Morgan fingerprint density at radius 2 is 1.27 bits per heavy atom. The molecule has 0 aliphatic heterocycles. The molecular formula is C21H12Cl4O. The van der Waals surface area contributed by atoms with Crippen molar-refractivity contribution in [3.63, 3.8) is 0 Å². The lowest BCUT2D eigenvalue weighted by Gasteiger charge is -2.31. The summed E-state index contributed by atoms with van der Waals surface area (Å²) in [5.74, 6) is -0.0263. The van der Waals surface area contributed by atoms with E-state index in [1.54, 1.807) is 36.4 Å². The molecule has 3 aromatic carbocycles. The van der Waals surface area contributed by atoms with Gasteiger partial charge in [0.1, 0.15) is 0 Å². The van der Waals surface area contributed by atoms with E-state index in [9.17, 15) is 4.79 Å². The van der Waals surface area contributed by atoms with Crippen molar-refractivity contribution in [1.82, 2.24) is 0 Å². The van der Waals surface area contributed by atoms with E-state index in [-0.39, 0.29) is 5.78 Å². The maximum absolute atomic E-state index is 13.6. The molecule has 130 valence electrons. The van der Waals surface area contributed by atoms with Crippen LogP contribution in [-0.4, -0.2) is 5.78 Å². The maximum Gasteiger partial charge on any atom is 0.178 e. The van der Waals surface area contributed by atoms with Crippen molar-refractivity contribution >= 4 is 52.2 Å². The second kappa shape index (κ2) is 6.58. The van der Waals surface area contributed by atoms with E-state index < -0.39 is 5.41 Å². The van der Waals surface area contributed by atoms with Crippen LogP contribution in [0.25, 0.3) is 0 Å². The summed E-state index contributed by atoms with van der Waals surface area (Å²) in [6.45, 7) is 0. The van der Waals surface area contributed by atoms with E-state index in [4.69, 9.17) is 46.4 Å². The lowest BCUT2D eigenvalue weighted by Crippen LogP contribution is -2.35. The summed E-state index contributed by atoms with van der Waals surface area (Å²) in [4.78, 5) is 13.6. The second-order valence-corrected chi connectivity index (χ2v) is 8.00. The largest absolute Gasteiger partial charge is 0.293 e. The Balaban J connectivity index is 2.05. The first-order valence-electron chi connectivity index (χ1n) is 7.97. The van der Waals surface area contributed by atoms with Crippen molar-refractivity contribution in [2.75, 3.05) is 0 Å².